The van der Waals surface area contributed by atoms with Crippen molar-refractivity contribution in [2.24, 2.45) is 5.92 Å². The molecular formula is C10H17N. The minimum Gasteiger partial charge on any atom is -0.371 e. The summed E-state index contributed by atoms with van der Waals surface area (Å²) >= 11 is 0. The summed E-state index contributed by atoms with van der Waals surface area (Å²) in [4.78, 5) is 2.37. The van der Waals surface area contributed by atoms with Gasteiger partial charge < -0.3 is 4.90 Å². The molecule has 62 valence electrons. The lowest BCUT2D eigenvalue weighted by Gasteiger charge is -2.32. The predicted molar refractivity (Wildman–Crippen MR) is 49.3 cm³/mol. The Bertz CT molecular complexity index is 168. The quantitative estimate of drug-likeness (QED) is 0.586. The van der Waals surface area contributed by atoms with Gasteiger partial charge in [0, 0.05) is 12.6 Å². The second-order valence-electron chi connectivity index (χ2n) is 3.29. The van der Waals surface area contributed by atoms with Crippen molar-refractivity contribution < 1.29 is 0 Å². The molecule has 0 saturated heterocycles. The van der Waals surface area contributed by atoms with E-state index in [-0.39, 0.29) is 0 Å². The third kappa shape index (κ3) is 1.86. The second kappa shape index (κ2) is 3.61. The van der Waals surface area contributed by atoms with Gasteiger partial charge in [-0.1, -0.05) is 26.0 Å². The maximum Gasteiger partial charge on any atom is 0.0493 e. The Labute approximate surface area is 69.4 Å². The van der Waals surface area contributed by atoms with Crippen molar-refractivity contribution in [3.63, 3.8) is 0 Å². The van der Waals surface area contributed by atoms with Crippen LogP contribution in [-0.2, 0) is 0 Å². The minimum absolute atomic E-state index is 0.602. The van der Waals surface area contributed by atoms with Crippen molar-refractivity contribution in [3.8, 4) is 0 Å². The molecule has 11 heavy (non-hydrogen) atoms. The lowest BCUT2D eigenvalue weighted by Crippen LogP contribution is -2.34. The van der Waals surface area contributed by atoms with Crippen LogP contribution in [0.15, 0.2) is 24.4 Å². The van der Waals surface area contributed by atoms with Crippen LogP contribution in [0.1, 0.15) is 20.8 Å². The third-order valence-electron chi connectivity index (χ3n) is 2.13. The molecule has 1 heterocycles. The van der Waals surface area contributed by atoms with Crippen LogP contribution in [0.5, 0.6) is 0 Å². The van der Waals surface area contributed by atoms with E-state index in [1.54, 1.807) is 0 Å². The second-order valence-corrected chi connectivity index (χ2v) is 3.29. The van der Waals surface area contributed by atoms with Crippen molar-refractivity contribution in [1.82, 2.24) is 4.90 Å². The van der Waals surface area contributed by atoms with E-state index in [9.17, 15) is 0 Å². The molecule has 0 saturated carbocycles. The summed E-state index contributed by atoms with van der Waals surface area (Å²) in [5.74, 6) is 0.705. The Morgan fingerprint density at radius 3 is 2.55 bits per heavy atom. The molecule has 0 amide bonds. The Kier molecular flexibility index (Phi) is 2.75. The van der Waals surface area contributed by atoms with Gasteiger partial charge in [0.2, 0.25) is 0 Å². The Morgan fingerprint density at radius 2 is 2.09 bits per heavy atom. The van der Waals surface area contributed by atoms with Crippen LogP contribution in [0.2, 0.25) is 0 Å². The van der Waals surface area contributed by atoms with Crippen molar-refractivity contribution in [1.29, 1.82) is 0 Å². The van der Waals surface area contributed by atoms with E-state index >= 15 is 0 Å². The first kappa shape index (κ1) is 8.38. The highest BCUT2D eigenvalue weighted by Gasteiger charge is 2.15. The van der Waals surface area contributed by atoms with Crippen LogP contribution in [0.4, 0.5) is 0 Å². The lowest BCUT2D eigenvalue weighted by atomic mass is 10.0. The van der Waals surface area contributed by atoms with E-state index < -0.39 is 0 Å². The molecule has 1 rings (SSSR count). The molecule has 0 aromatic heterocycles. The van der Waals surface area contributed by atoms with Crippen LogP contribution >= 0.6 is 0 Å². The Hall–Kier alpha value is -0.720. The molecule has 0 aromatic rings. The van der Waals surface area contributed by atoms with Gasteiger partial charge in [-0.25, -0.2) is 0 Å². The standard InChI is InChI=1S/C10H17N/c1-4-11-8-6-5-7-10(11)9(2)3/h5-10H,4H2,1-3H3. The van der Waals surface area contributed by atoms with Gasteiger partial charge in [0.15, 0.2) is 0 Å². The highest BCUT2D eigenvalue weighted by molar-refractivity contribution is 5.13. The SMILES string of the molecule is CCN1C=CC=CC1C(C)C. The summed E-state index contributed by atoms with van der Waals surface area (Å²) in [7, 11) is 0. The van der Waals surface area contributed by atoms with Crippen LogP contribution < -0.4 is 0 Å². The van der Waals surface area contributed by atoms with Crippen LogP contribution in [0, 0.1) is 5.92 Å². The smallest absolute Gasteiger partial charge is 0.0493 e. The molecule has 1 unspecified atom stereocenters. The maximum atomic E-state index is 2.37. The van der Waals surface area contributed by atoms with Gasteiger partial charge >= 0.3 is 0 Å². The van der Waals surface area contributed by atoms with Crippen molar-refractivity contribution >= 4 is 0 Å². The molecular weight excluding hydrogens is 134 g/mol. The molecule has 1 aliphatic heterocycles. The van der Waals surface area contributed by atoms with E-state index in [0.29, 0.717) is 12.0 Å². The van der Waals surface area contributed by atoms with Crippen molar-refractivity contribution in [2.45, 2.75) is 26.8 Å². The highest BCUT2D eigenvalue weighted by Crippen LogP contribution is 2.15. The summed E-state index contributed by atoms with van der Waals surface area (Å²) in [5, 5.41) is 0. The number of likely N-dealkylation sites (N-methyl/N-ethyl adjacent to an activating group) is 1. The van der Waals surface area contributed by atoms with Gasteiger partial charge in [-0.15, -0.1) is 0 Å². The number of nitrogens with zero attached hydrogens (tertiary/aromatic N) is 1. The van der Waals surface area contributed by atoms with Gasteiger partial charge in [-0.3, -0.25) is 0 Å². The third-order valence-corrected chi connectivity index (χ3v) is 2.13. The molecule has 0 spiro atoms. The highest BCUT2D eigenvalue weighted by atomic mass is 15.1. The number of hydrogen-bond donors (Lipinski definition) is 0. The Balaban J connectivity index is 2.63. The molecule has 1 nitrogen and oxygen atoms in total. The summed E-state index contributed by atoms with van der Waals surface area (Å²) in [5.41, 5.74) is 0. The van der Waals surface area contributed by atoms with Gasteiger partial charge in [-0.05, 0) is 25.1 Å². The molecule has 1 atom stereocenters. The number of rotatable bonds is 2. The summed E-state index contributed by atoms with van der Waals surface area (Å²) in [6, 6.07) is 0.602. The first-order valence-corrected chi connectivity index (χ1v) is 4.36. The summed E-state index contributed by atoms with van der Waals surface area (Å²) in [6.07, 6.45) is 8.68. The first-order valence-electron chi connectivity index (χ1n) is 4.36. The van der Waals surface area contributed by atoms with Crippen LogP contribution in [0.25, 0.3) is 0 Å². The van der Waals surface area contributed by atoms with E-state index in [2.05, 4.69) is 50.1 Å². The van der Waals surface area contributed by atoms with E-state index in [1.165, 1.54) is 0 Å². The van der Waals surface area contributed by atoms with E-state index in [4.69, 9.17) is 0 Å². The van der Waals surface area contributed by atoms with Gasteiger partial charge in [-0.2, -0.15) is 0 Å². The molecule has 0 bridgehead atoms. The van der Waals surface area contributed by atoms with Gasteiger partial charge in [0.25, 0.3) is 0 Å². The van der Waals surface area contributed by atoms with Crippen LogP contribution in [-0.4, -0.2) is 17.5 Å². The maximum absolute atomic E-state index is 2.37. The largest absolute Gasteiger partial charge is 0.371 e. The molecule has 0 aliphatic carbocycles. The molecule has 0 aromatic carbocycles. The zero-order chi connectivity index (χ0) is 8.27. The van der Waals surface area contributed by atoms with Crippen LogP contribution in [0.3, 0.4) is 0 Å². The zero-order valence-electron chi connectivity index (χ0n) is 7.62. The number of hydrogen-bond acceptors (Lipinski definition) is 1. The van der Waals surface area contributed by atoms with E-state index in [1.807, 2.05) is 0 Å². The fourth-order valence-electron chi connectivity index (χ4n) is 1.47. The monoisotopic (exact) mass is 151 g/mol. The first-order chi connectivity index (χ1) is 5.25. The van der Waals surface area contributed by atoms with E-state index in [0.717, 1.165) is 6.54 Å². The van der Waals surface area contributed by atoms with Crippen molar-refractivity contribution in [2.75, 3.05) is 6.54 Å². The average Bonchev–Trinajstić information content (AvgIpc) is 2.04. The van der Waals surface area contributed by atoms with Gasteiger partial charge in [0.1, 0.15) is 0 Å². The molecule has 1 heteroatoms. The van der Waals surface area contributed by atoms with Crippen molar-refractivity contribution in [3.05, 3.63) is 24.4 Å². The zero-order valence-corrected chi connectivity index (χ0v) is 7.62. The fraction of sp³-hybridized carbons (Fsp3) is 0.600. The molecule has 1 aliphatic rings. The fourth-order valence-corrected chi connectivity index (χ4v) is 1.47. The normalized spacial score (nSPS) is 23.3. The van der Waals surface area contributed by atoms with Gasteiger partial charge in [0.05, 0.1) is 0 Å². The minimum atomic E-state index is 0.602. The summed E-state index contributed by atoms with van der Waals surface area (Å²) < 4.78 is 0. The molecule has 0 N–H and O–H groups in total. The lowest BCUT2D eigenvalue weighted by molar-refractivity contribution is 0.272. The summed E-state index contributed by atoms with van der Waals surface area (Å²) in [6.45, 7) is 7.82. The molecule has 0 fully saturated rings. The average molecular weight is 151 g/mol. The predicted octanol–water partition coefficient (Wildman–Crippen LogP) is 2.42. The topological polar surface area (TPSA) is 3.24 Å². The number of allylic oxidation sites excluding steroid dienone is 2. The molecule has 0 radical (unpaired) electrons. The Morgan fingerprint density at radius 1 is 1.36 bits per heavy atom.